The summed E-state index contributed by atoms with van der Waals surface area (Å²) in [6, 6.07) is 13.6. The molecule has 3 N–H and O–H groups in total. The zero-order chi connectivity index (χ0) is 25.4. The molecule has 182 valence electrons. The van der Waals surface area contributed by atoms with E-state index < -0.39 is 17.8 Å². The second-order valence-electron chi connectivity index (χ2n) is 7.16. The molecule has 0 aliphatic carbocycles. The highest BCUT2D eigenvalue weighted by atomic mass is 79.9. The van der Waals surface area contributed by atoms with Crippen molar-refractivity contribution in [3.8, 4) is 11.5 Å². The van der Waals surface area contributed by atoms with Gasteiger partial charge in [-0.15, -0.1) is 0 Å². The van der Waals surface area contributed by atoms with Gasteiger partial charge in [-0.2, -0.15) is 5.10 Å². The van der Waals surface area contributed by atoms with Gasteiger partial charge in [-0.1, -0.05) is 15.9 Å². The first-order valence-corrected chi connectivity index (χ1v) is 11.8. The zero-order valence-electron chi connectivity index (χ0n) is 18.7. The van der Waals surface area contributed by atoms with Crippen LogP contribution in [0.15, 0.2) is 68.6 Å². The molecule has 0 aliphatic heterocycles. The molecule has 0 saturated heterocycles. The second kappa shape index (κ2) is 12.3. The topological polar surface area (TPSA) is 101 Å². The Kier molecular flexibility index (Phi) is 9.21. The lowest BCUT2D eigenvalue weighted by Gasteiger charge is -2.13. The molecule has 0 spiro atoms. The molecule has 0 radical (unpaired) electrons. The number of carbonyl (C=O) groups is 2. The maximum absolute atomic E-state index is 13.0. The Labute approximate surface area is 218 Å². The molecule has 0 fully saturated rings. The smallest absolute Gasteiger partial charge is 0.339 e. The molecule has 3 aromatic carbocycles. The van der Waals surface area contributed by atoms with Crippen LogP contribution in [-0.2, 0) is 4.79 Å². The van der Waals surface area contributed by atoms with Crippen molar-refractivity contribution < 1.29 is 23.5 Å². The van der Waals surface area contributed by atoms with E-state index in [0.29, 0.717) is 32.9 Å². The minimum absolute atomic E-state index is 0.287. The highest BCUT2D eigenvalue weighted by Gasteiger charge is 2.12. The Hall–Kier alpha value is -3.44. The molecule has 8 nitrogen and oxygen atoms in total. The molecule has 0 aromatic heterocycles. The van der Waals surface area contributed by atoms with Gasteiger partial charge in [-0.05, 0) is 83.0 Å². The number of rotatable bonds is 8. The maximum Gasteiger partial charge on any atom is 0.339 e. The normalized spacial score (nSPS) is 10.7. The van der Waals surface area contributed by atoms with Crippen molar-refractivity contribution in [2.45, 2.75) is 6.92 Å². The summed E-state index contributed by atoms with van der Waals surface area (Å²) in [6.07, 6.45) is 1.43. The van der Waals surface area contributed by atoms with Gasteiger partial charge in [0.05, 0.1) is 13.3 Å². The third-order valence-corrected chi connectivity index (χ3v) is 6.13. The quantitative estimate of drug-likeness (QED) is 0.221. The molecule has 0 heterocycles. The highest BCUT2D eigenvalue weighted by molar-refractivity contribution is 9.10. The number of anilines is 2. The average molecular weight is 608 g/mol. The molecule has 11 heteroatoms. The number of hydrogen-bond donors (Lipinski definition) is 3. The number of hydrogen-bond acceptors (Lipinski definition) is 5. The number of nitrogens with one attached hydrogen (secondary N) is 3. The summed E-state index contributed by atoms with van der Waals surface area (Å²) >= 11 is 6.83. The summed E-state index contributed by atoms with van der Waals surface area (Å²) in [4.78, 5) is 24.2. The van der Waals surface area contributed by atoms with Crippen LogP contribution in [0.25, 0.3) is 0 Å². The van der Waals surface area contributed by atoms with Crippen LogP contribution in [0.3, 0.4) is 0 Å². The van der Waals surface area contributed by atoms with E-state index in [-0.39, 0.29) is 6.61 Å². The SMILES string of the molecule is COc1cc(/C=N/NC(=O)Nc2ccc(Br)c(C)c2)c(Br)cc1OCC(=O)Nc1ccc(F)cc1. The summed E-state index contributed by atoms with van der Waals surface area (Å²) in [7, 11) is 1.46. The molecule has 0 atom stereocenters. The number of hydrazone groups is 1. The molecule has 0 unspecified atom stereocenters. The fourth-order valence-corrected chi connectivity index (χ4v) is 3.51. The molecule has 3 rings (SSSR count). The van der Waals surface area contributed by atoms with E-state index in [4.69, 9.17) is 9.47 Å². The van der Waals surface area contributed by atoms with E-state index in [2.05, 4.69) is 53.0 Å². The predicted molar refractivity (Wildman–Crippen MR) is 140 cm³/mol. The van der Waals surface area contributed by atoms with Gasteiger partial charge < -0.3 is 20.1 Å². The van der Waals surface area contributed by atoms with Crippen molar-refractivity contribution in [3.05, 3.63) is 80.5 Å². The Balaban J connectivity index is 1.58. The second-order valence-corrected chi connectivity index (χ2v) is 8.87. The van der Waals surface area contributed by atoms with E-state index in [1.165, 1.54) is 37.6 Å². The van der Waals surface area contributed by atoms with Crippen LogP contribution in [0.2, 0.25) is 0 Å². The number of halogens is 3. The number of amides is 3. The Morgan fingerprint density at radius 1 is 0.971 bits per heavy atom. The van der Waals surface area contributed by atoms with Crippen molar-refractivity contribution in [2.24, 2.45) is 5.10 Å². The fraction of sp³-hybridized carbons (Fsp3) is 0.125. The van der Waals surface area contributed by atoms with Gasteiger partial charge in [0, 0.05) is 25.9 Å². The molecule has 35 heavy (non-hydrogen) atoms. The Morgan fingerprint density at radius 3 is 2.37 bits per heavy atom. The molecule has 0 bridgehead atoms. The summed E-state index contributed by atoms with van der Waals surface area (Å²) in [5.74, 6) is -0.134. The van der Waals surface area contributed by atoms with Crippen molar-refractivity contribution in [1.29, 1.82) is 0 Å². The fourth-order valence-electron chi connectivity index (χ4n) is 2.84. The number of carbonyl (C=O) groups excluding carboxylic acids is 2. The molecule has 3 aromatic rings. The van der Waals surface area contributed by atoms with Gasteiger partial charge in [-0.3, -0.25) is 4.79 Å². The van der Waals surface area contributed by atoms with Crippen molar-refractivity contribution in [3.63, 3.8) is 0 Å². The van der Waals surface area contributed by atoms with Gasteiger partial charge in [0.15, 0.2) is 18.1 Å². The van der Waals surface area contributed by atoms with Crippen molar-refractivity contribution >= 4 is 61.4 Å². The van der Waals surface area contributed by atoms with Crippen molar-refractivity contribution in [1.82, 2.24) is 5.43 Å². The minimum Gasteiger partial charge on any atom is -0.493 e. The summed E-state index contributed by atoms with van der Waals surface area (Å²) in [6.45, 7) is 1.63. The monoisotopic (exact) mass is 606 g/mol. The Morgan fingerprint density at radius 2 is 1.69 bits per heavy atom. The first-order valence-electron chi connectivity index (χ1n) is 10.2. The minimum atomic E-state index is -0.502. The van der Waals surface area contributed by atoms with Gasteiger partial charge in [0.25, 0.3) is 5.91 Å². The van der Waals surface area contributed by atoms with E-state index in [1.54, 1.807) is 18.2 Å². The lowest BCUT2D eigenvalue weighted by atomic mass is 10.2. The van der Waals surface area contributed by atoms with Gasteiger partial charge >= 0.3 is 6.03 Å². The Bertz CT molecular complexity index is 1250. The first-order chi connectivity index (χ1) is 16.7. The first kappa shape index (κ1) is 26.2. The lowest BCUT2D eigenvalue weighted by Crippen LogP contribution is -2.24. The molecule has 3 amide bonds. The highest BCUT2D eigenvalue weighted by Crippen LogP contribution is 2.33. The van der Waals surface area contributed by atoms with Gasteiger partial charge in [0.1, 0.15) is 5.82 Å². The zero-order valence-corrected chi connectivity index (χ0v) is 21.9. The van der Waals surface area contributed by atoms with E-state index >= 15 is 0 Å². The third-order valence-electron chi connectivity index (χ3n) is 4.56. The standard InChI is InChI=1S/C24H21Br2FN4O4/c1-14-9-18(7-8-19(14)25)30-24(33)31-28-12-15-10-21(34-2)22(11-20(15)26)35-13-23(32)29-17-5-3-16(27)4-6-17/h3-12H,13H2,1-2H3,(H,29,32)(H2,30,31,33)/b28-12+. The molecule has 0 saturated carbocycles. The van der Waals surface area contributed by atoms with Gasteiger partial charge in [-0.25, -0.2) is 14.6 Å². The van der Waals surface area contributed by atoms with Crippen LogP contribution in [0, 0.1) is 12.7 Å². The van der Waals surface area contributed by atoms with Crippen LogP contribution in [0.5, 0.6) is 11.5 Å². The maximum atomic E-state index is 13.0. The van der Waals surface area contributed by atoms with Gasteiger partial charge in [0.2, 0.25) is 0 Å². The molecular weight excluding hydrogens is 587 g/mol. The predicted octanol–water partition coefficient (Wildman–Crippen LogP) is 5.84. The van der Waals surface area contributed by atoms with Crippen LogP contribution >= 0.6 is 31.9 Å². The average Bonchev–Trinajstić information content (AvgIpc) is 2.82. The van der Waals surface area contributed by atoms with E-state index in [9.17, 15) is 14.0 Å². The van der Waals surface area contributed by atoms with Crippen LogP contribution in [-0.4, -0.2) is 31.9 Å². The van der Waals surface area contributed by atoms with E-state index in [0.717, 1.165) is 10.0 Å². The third kappa shape index (κ3) is 7.79. The number of methoxy groups -OCH3 is 1. The van der Waals surface area contributed by atoms with E-state index in [1.807, 2.05) is 19.1 Å². The summed E-state index contributed by atoms with van der Waals surface area (Å²) in [5, 5.41) is 9.26. The molecular formula is C24H21Br2FN4O4. The largest absolute Gasteiger partial charge is 0.493 e. The number of aryl methyl sites for hydroxylation is 1. The summed E-state index contributed by atoms with van der Waals surface area (Å²) in [5.41, 5.74) is 5.06. The number of urea groups is 1. The van der Waals surface area contributed by atoms with Crippen LogP contribution in [0.1, 0.15) is 11.1 Å². The summed E-state index contributed by atoms with van der Waals surface area (Å²) < 4.78 is 25.5. The number of benzene rings is 3. The van der Waals surface area contributed by atoms with Crippen LogP contribution in [0.4, 0.5) is 20.6 Å². The van der Waals surface area contributed by atoms with Crippen LogP contribution < -0.4 is 25.5 Å². The van der Waals surface area contributed by atoms with Crippen molar-refractivity contribution in [2.75, 3.05) is 24.4 Å². The molecule has 0 aliphatic rings. The lowest BCUT2D eigenvalue weighted by molar-refractivity contribution is -0.118. The number of nitrogens with zero attached hydrogens (tertiary/aromatic N) is 1. The number of ether oxygens (including phenoxy) is 2.